The molecule has 0 saturated carbocycles. The Hall–Kier alpha value is -3.94. The van der Waals surface area contributed by atoms with E-state index in [1.54, 1.807) is 54.4 Å². The number of benzene rings is 1. The van der Waals surface area contributed by atoms with Crippen LogP contribution in [0.3, 0.4) is 0 Å². The van der Waals surface area contributed by atoms with E-state index in [9.17, 15) is 4.79 Å². The molecule has 0 unspecified atom stereocenters. The number of anilines is 2. The van der Waals surface area contributed by atoms with Crippen molar-refractivity contribution in [2.75, 3.05) is 12.4 Å². The Morgan fingerprint density at radius 3 is 2.52 bits per heavy atom. The number of ether oxygens (including phenoxy) is 1. The van der Waals surface area contributed by atoms with Crippen molar-refractivity contribution in [3.05, 3.63) is 66.5 Å². The first kappa shape index (κ1) is 16.5. The molecular formula is C19H16N6O2. The van der Waals surface area contributed by atoms with Gasteiger partial charge in [0, 0.05) is 29.1 Å². The zero-order valence-electron chi connectivity index (χ0n) is 14.5. The first-order valence-electron chi connectivity index (χ1n) is 8.16. The number of hydrogen-bond donors (Lipinski definition) is 2. The lowest BCUT2D eigenvalue weighted by Gasteiger charge is -2.07. The van der Waals surface area contributed by atoms with Gasteiger partial charge in [-0.2, -0.15) is 9.61 Å². The van der Waals surface area contributed by atoms with Gasteiger partial charge >= 0.3 is 0 Å². The number of hydrogen-bond acceptors (Lipinski definition) is 6. The summed E-state index contributed by atoms with van der Waals surface area (Å²) in [7, 11) is 1.58. The summed E-state index contributed by atoms with van der Waals surface area (Å²) < 4.78 is 6.80. The van der Waals surface area contributed by atoms with Gasteiger partial charge in [-0.1, -0.05) is 0 Å². The van der Waals surface area contributed by atoms with E-state index in [1.165, 1.54) is 0 Å². The second-order valence-corrected chi connectivity index (χ2v) is 5.79. The Kier molecular flexibility index (Phi) is 4.13. The van der Waals surface area contributed by atoms with Crippen LogP contribution in [0.25, 0.3) is 16.9 Å². The standard InChI is InChI=1S/C19H16N6O2/c1-27-18-9-4-13(10-22-18)15-7-8-16-21-11-17(25(16)24-15)23-14-5-2-12(3-6-14)19(20)26/h2-11,23H,1H3,(H2,20,26). The number of rotatable bonds is 5. The van der Waals surface area contributed by atoms with E-state index in [-0.39, 0.29) is 0 Å². The van der Waals surface area contributed by atoms with Gasteiger partial charge in [0.15, 0.2) is 11.5 Å². The van der Waals surface area contributed by atoms with Crippen molar-refractivity contribution in [2.45, 2.75) is 0 Å². The van der Waals surface area contributed by atoms with E-state index < -0.39 is 5.91 Å². The van der Waals surface area contributed by atoms with Crippen molar-refractivity contribution in [3.8, 4) is 17.1 Å². The van der Waals surface area contributed by atoms with Crippen molar-refractivity contribution < 1.29 is 9.53 Å². The lowest BCUT2D eigenvalue weighted by atomic mass is 10.2. The van der Waals surface area contributed by atoms with E-state index in [0.717, 1.165) is 16.9 Å². The molecule has 8 heteroatoms. The SMILES string of the molecule is COc1ccc(-c2ccc3ncc(Nc4ccc(C(N)=O)cc4)n3n2)cn1. The van der Waals surface area contributed by atoms with E-state index in [2.05, 4.69) is 20.4 Å². The van der Waals surface area contributed by atoms with Crippen LogP contribution in [-0.4, -0.2) is 32.6 Å². The van der Waals surface area contributed by atoms with Gasteiger partial charge < -0.3 is 15.8 Å². The number of carbonyl (C=O) groups excluding carboxylic acids is 1. The topological polar surface area (TPSA) is 107 Å². The molecule has 3 N–H and O–H groups in total. The van der Waals surface area contributed by atoms with E-state index in [4.69, 9.17) is 10.5 Å². The summed E-state index contributed by atoms with van der Waals surface area (Å²) >= 11 is 0. The number of carbonyl (C=O) groups is 1. The van der Waals surface area contributed by atoms with Crippen LogP contribution in [0.15, 0.2) is 60.9 Å². The van der Waals surface area contributed by atoms with Crippen LogP contribution >= 0.6 is 0 Å². The van der Waals surface area contributed by atoms with Gasteiger partial charge in [0.1, 0.15) is 0 Å². The van der Waals surface area contributed by atoms with Crippen LogP contribution < -0.4 is 15.8 Å². The molecule has 0 radical (unpaired) electrons. The number of amides is 1. The first-order chi connectivity index (χ1) is 13.1. The van der Waals surface area contributed by atoms with Gasteiger partial charge in [0.2, 0.25) is 11.8 Å². The van der Waals surface area contributed by atoms with E-state index in [0.29, 0.717) is 22.9 Å². The van der Waals surface area contributed by atoms with E-state index in [1.807, 2.05) is 18.2 Å². The number of nitrogens with zero attached hydrogens (tertiary/aromatic N) is 4. The van der Waals surface area contributed by atoms with E-state index >= 15 is 0 Å². The second-order valence-electron chi connectivity index (χ2n) is 5.79. The smallest absolute Gasteiger partial charge is 0.248 e. The summed E-state index contributed by atoms with van der Waals surface area (Å²) in [6.45, 7) is 0. The number of pyridine rings is 1. The number of aromatic nitrogens is 4. The average molecular weight is 360 g/mol. The van der Waals surface area contributed by atoms with Gasteiger partial charge in [-0.3, -0.25) is 4.79 Å². The Morgan fingerprint density at radius 2 is 1.85 bits per heavy atom. The van der Waals surface area contributed by atoms with Crippen molar-refractivity contribution in [1.82, 2.24) is 19.6 Å². The molecule has 0 bridgehead atoms. The predicted octanol–water partition coefficient (Wildman–Crippen LogP) is 2.64. The largest absolute Gasteiger partial charge is 0.481 e. The Balaban J connectivity index is 1.66. The second kappa shape index (κ2) is 6.75. The van der Waals surface area contributed by atoms with Crippen LogP contribution in [0, 0.1) is 0 Å². The van der Waals surface area contributed by atoms with Crippen LogP contribution in [0.2, 0.25) is 0 Å². The summed E-state index contributed by atoms with van der Waals surface area (Å²) in [5, 5.41) is 7.88. The maximum atomic E-state index is 11.2. The van der Waals surface area contributed by atoms with Crippen LogP contribution in [-0.2, 0) is 0 Å². The molecule has 1 amide bonds. The number of imidazole rings is 1. The number of nitrogens with two attached hydrogens (primary N) is 1. The minimum absolute atomic E-state index is 0.450. The summed E-state index contributed by atoms with van der Waals surface area (Å²) in [4.78, 5) is 19.7. The highest BCUT2D eigenvalue weighted by atomic mass is 16.5. The van der Waals surface area contributed by atoms with Crippen molar-refractivity contribution in [1.29, 1.82) is 0 Å². The quantitative estimate of drug-likeness (QED) is 0.566. The predicted molar refractivity (Wildman–Crippen MR) is 101 cm³/mol. The average Bonchev–Trinajstić information content (AvgIpc) is 3.10. The zero-order chi connectivity index (χ0) is 18.8. The number of primary amides is 1. The van der Waals surface area contributed by atoms with Gasteiger partial charge in [-0.15, -0.1) is 0 Å². The summed E-state index contributed by atoms with van der Waals surface area (Å²) in [6.07, 6.45) is 3.40. The molecule has 0 aliphatic heterocycles. The van der Waals surface area contributed by atoms with Gasteiger partial charge in [0.05, 0.1) is 19.0 Å². The molecule has 27 heavy (non-hydrogen) atoms. The fraction of sp³-hybridized carbons (Fsp3) is 0.0526. The van der Waals surface area contributed by atoms with Gasteiger partial charge in [0.25, 0.3) is 0 Å². The van der Waals surface area contributed by atoms with Crippen LogP contribution in [0.5, 0.6) is 5.88 Å². The highest BCUT2D eigenvalue weighted by Gasteiger charge is 2.08. The van der Waals surface area contributed by atoms with Crippen molar-refractivity contribution in [2.24, 2.45) is 5.73 Å². The lowest BCUT2D eigenvalue weighted by Crippen LogP contribution is -2.10. The number of fused-ring (bicyclic) bond motifs is 1. The minimum atomic E-state index is -0.462. The molecule has 1 aromatic carbocycles. The fourth-order valence-electron chi connectivity index (χ4n) is 2.63. The Bertz CT molecular complexity index is 1100. The molecule has 0 aliphatic rings. The van der Waals surface area contributed by atoms with Crippen molar-refractivity contribution in [3.63, 3.8) is 0 Å². The van der Waals surface area contributed by atoms with Gasteiger partial charge in [-0.25, -0.2) is 9.97 Å². The molecule has 8 nitrogen and oxygen atoms in total. The van der Waals surface area contributed by atoms with Crippen LogP contribution in [0.1, 0.15) is 10.4 Å². The fourth-order valence-corrected chi connectivity index (χ4v) is 2.63. The molecule has 3 heterocycles. The lowest BCUT2D eigenvalue weighted by molar-refractivity contribution is 0.100. The van der Waals surface area contributed by atoms with Gasteiger partial charge in [-0.05, 0) is 42.5 Å². The third-order valence-electron chi connectivity index (χ3n) is 4.05. The Labute approximate surface area is 154 Å². The molecular weight excluding hydrogens is 344 g/mol. The molecule has 0 atom stereocenters. The third kappa shape index (κ3) is 3.28. The highest BCUT2D eigenvalue weighted by molar-refractivity contribution is 5.93. The molecule has 0 spiro atoms. The van der Waals surface area contributed by atoms with Crippen molar-refractivity contribution >= 4 is 23.1 Å². The molecule has 0 fully saturated rings. The van der Waals surface area contributed by atoms with Crippen LogP contribution in [0.4, 0.5) is 11.5 Å². The number of methoxy groups -OCH3 is 1. The summed E-state index contributed by atoms with van der Waals surface area (Å²) in [6, 6.07) is 14.3. The third-order valence-corrected chi connectivity index (χ3v) is 4.05. The maximum absolute atomic E-state index is 11.2. The Morgan fingerprint density at radius 1 is 1.04 bits per heavy atom. The highest BCUT2D eigenvalue weighted by Crippen LogP contribution is 2.22. The number of nitrogens with one attached hydrogen (secondary N) is 1. The molecule has 4 aromatic rings. The zero-order valence-corrected chi connectivity index (χ0v) is 14.5. The normalized spacial score (nSPS) is 10.7. The minimum Gasteiger partial charge on any atom is -0.481 e. The molecule has 4 rings (SSSR count). The molecule has 0 saturated heterocycles. The summed E-state index contributed by atoms with van der Waals surface area (Å²) in [5.41, 5.74) is 8.83. The molecule has 3 aromatic heterocycles. The molecule has 0 aliphatic carbocycles. The maximum Gasteiger partial charge on any atom is 0.248 e. The summed E-state index contributed by atoms with van der Waals surface area (Å²) in [5.74, 6) is 0.778. The molecule has 134 valence electrons. The first-order valence-corrected chi connectivity index (χ1v) is 8.16. The monoisotopic (exact) mass is 360 g/mol.